The number of aliphatic hydroxyl groups excluding tert-OH is 1. The first kappa shape index (κ1) is 19.5. The standard InChI is InChI=1S/C24H38O3/c1-15(4-9-22(26)27)19-7-8-20-18-6-5-16-14-17(25)10-12-23(16,2)21(18)11-13-24(19,20)3/h11,13,15-21,25H,4-10,12,14H2,1-3H3,(H,26,27)/t15-,16-,17-,18?,19-,20+,21+,23+,24-/m1/s1. The maximum absolute atomic E-state index is 11.0. The Morgan fingerprint density at radius 2 is 1.96 bits per heavy atom. The van der Waals surface area contributed by atoms with E-state index in [1.54, 1.807) is 0 Å². The lowest BCUT2D eigenvalue weighted by molar-refractivity contribution is -0.137. The number of aliphatic hydroxyl groups is 1. The molecule has 0 aromatic heterocycles. The molecule has 0 saturated heterocycles. The molecule has 0 aromatic carbocycles. The smallest absolute Gasteiger partial charge is 0.303 e. The Hall–Kier alpha value is -0.830. The number of carboxylic acids is 1. The molecule has 0 spiro atoms. The van der Waals surface area contributed by atoms with E-state index in [9.17, 15) is 9.90 Å². The van der Waals surface area contributed by atoms with Crippen LogP contribution in [0.25, 0.3) is 0 Å². The topological polar surface area (TPSA) is 57.5 Å². The van der Waals surface area contributed by atoms with E-state index in [0.29, 0.717) is 35.5 Å². The Labute approximate surface area is 164 Å². The van der Waals surface area contributed by atoms with Gasteiger partial charge in [-0.2, -0.15) is 0 Å². The summed E-state index contributed by atoms with van der Waals surface area (Å²) < 4.78 is 0. The molecule has 3 fully saturated rings. The first-order valence-corrected chi connectivity index (χ1v) is 11.3. The molecule has 4 rings (SSSR count). The maximum atomic E-state index is 11.0. The van der Waals surface area contributed by atoms with E-state index in [1.165, 1.54) is 32.1 Å². The van der Waals surface area contributed by atoms with Gasteiger partial charge in [0.2, 0.25) is 0 Å². The predicted octanol–water partition coefficient (Wildman–Crippen LogP) is 5.28. The molecule has 4 aliphatic rings. The van der Waals surface area contributed by atoms with Gasteiger partial charge < -0.3 is 10.2 Å². The molecule has 4 aliphatic carbocycles. The van der Waals surface area contributed by atoms with Gasteiger partial charge in [0.05, 0.1) is 6.10 Å². The van der Waals surface area contributed by atoms with Crippen LogP contribution < -0.4 is 0 Å². The van der Waals surface area contributed by atoms with Crippen LogP contribution in [-0.4, -0.2) is 22.3 Å². The molecule has 2 N–H and O–H groups in total. The molecule has 0 heterocycles. The molecule has 0 bridgehead atoms. The van der Waals surface area contributed by atoms with Gasteiger partial charge in [0.1, 0.15) is 0 Å². The average molecular weight is 375 g/mol. The van der Waals surface area contributed by atoms with Crippen molar-refractivity contribution in [3.63, 3.8) is 0 Å². The molecule has 27 heavy (non-hydrogen) atoms. The van der Waals surface area contributed by atoms with E-state index in [0.717, 1.165) is 31.1 Å². The third-order valence-corrected chi connectivity index (χ3v) is 9.64. The van der Waals surface area contributed by atoms with Gasteiger partial charge in [0.15, 0.2) is 0 Å². The molecule has 1 unspecified atom stereocenters. The molecule has 3 heteroatoms. The Morgan fingerprint density at radius 3 is 2.70 bits per heavy atom. The number of carbonyl (C=O) groups is 1. The quantitative estimate of drug-likeness (QED) is 0.658. The van der Waals surface area contributed by atoms with Crippen molar-refractivity contribution in [2.24, 2.45) is 46.3 Å². The fraction of sp³-hybridized carbons (Fsp3) is 0.875. The van der Waals surface area contributed by atoms with Gasteiger partial charge in [-0.1, -0.05) is 32.9 Å². The number of allylic oxidation sites excluding steroid dienone is 2. The molecule has 152 valence electrons. The second-order valence-electron chi connectivity index (χ2n) is 10.8. The van der Waals surface area contributed by atoms with Gasteiger partial charge in [0, 0.05) is 6.42 Å². The van der Waals surface area contributed by atoms with Crippen molar-refractivity contribution >= 4 is 5.97 Å². The van der Waals surface area contributed by atoms with E-state index >= 15 is 0 Å². The Kier molecular flexibility index (Phi) is 4.98. The normalized spacial score (nSPS) is 49.8. The SMILES string of the molecule is C[C@H](CCC(=O)O)[C@H]1CC[C@H]2C3CC[C@@H]4C[C@H](O)CC[C@]4(C)[C@H]3C=C[C@]12C. The first-order chi connectivity index (χ1) is 12.8. The number of hydrogen-bond donors (Lipinski definition) is 2. The van der Waals surface area contributed by atoms with Crippen molar-refractivity contribution in [1.29, 1.82) is 0 Å². The fourth-order valence-corrected chi connectivity index (χ4v) is 8.10. The van der Waals surface area contributed by atoms with Crippen LogP contribution in [0.15, 0.2) is 12.2 Å². The van der Waals surface area contributed by atoms with Crippen LogP contribution in [0.1, 0.15) is 78.6 Å². The van der Waals surface area contributed by atoms with Gasteiger partial charge in [0.25, 0.3) is 0 Å². The van der Waals surface area contributed by atoms with Crippen molar-refractivity contribution in [2.75, 3.05) is 0 Å². The van der Waals surface area contributed by atoms with Crippen LogP contribution >= 0.6 is 0 Å². The molecule has 9 atom stereocenters. The number of hydrogen-bond acceptors (Lipinski definition) is 2. The largest absolute Gasteiger partial charge is 0.481 e. The zero-order chi connectivity index (χ0) is 19.4. The lowest BCUT2D eigenvalue weighted by Crippen LogP contribution is -2.52. The predicted molar refractivity (Wildman–Crippen MR) is 107 cm³/mol. The van der Waals surface area contributed by atoms with Gasteiger partial charge in [-0.05, 0) is 97.7 Å². The Balaban J connectivity index is 1.56. The Morgan fingerprint density at radius 1 is 1.19 bits per heavy atom. The molecule has 0 radical (unpaired) electrons. The van der Waals surface area contributed by atoms with Gasteiger partial charge >= 0.3 is 5.97 Å². The average Bonchev–Trinajstić information content (AvgIpc) is 2.97. The van der Waals surface area contributed by atoms with Gasteiger partial charge in [-0.3, -0.25) is 4.79 Å². The molecule has 0 aliphatic heterocycles. The van der Waals surface area contributed by atoms with E-state index < -0.39 is 5.97 Å². The summed E-state index contributed by atoms with van der Waals surface area (Å²) in [5.74, 6) is 3.35. The van der Waals surface area contributed by atoms with Crippen molar-refractivity contribution < 1.29 is 15.0 Å². The minimum Gasteiger partial charge on any atom is -0.481 e. The highest BCUT2D eigenvalue weighted by molar-refractivity contribution is 5.66. The van der Waals surface area contributed by atoms with Gasteiger partial charge in [-0.15, -0.1) is 0 Å². The van der Waals surface area contributed by atoms with E-state index in [2.05, 4.69) is 32.9 Å². The first-order valence-electron chi connectivity index (χ1n) is 11.3. The number of rotatable bonds is 4. The second kappa shape index (κ2) is 6.90. The van der Waals surface area contributed by atoms with Crippen molar-refractivity contribution in [1.82, 2.24) is 0 Å². The summed E-state index contributed by atoms with van der Waals surface area (Å²) in [7, 11) is 0. The molecule has 3 saturated carbocycles. The summed E-state index contributed by atoms with van der Waals surface area (Å²) in [6.45, 7) is 7.26. The summed E-state index contributed by atoms with van der Waals surface area (Å²) in [5, 5.41) is 19.3. The van der Waals surface area contributed by atoms with Crippen LogP contribution in [0.5, 0.6) is 0 Å². The van der Waals surface area contributed by atoms with E-state index in [4.69, 9.17) is 5.11 Å². The number of fused-ring (bicyclic) bond motifs is 5. The fourth-order valence-electron chi connectivity index (χ4n) is 8.10. The molecule has 3 nitrogen and oxygen atoms in total. The lowest BCUT2D eigenvalue weighted by atomic mass is 9.46. The van der Waals surface area contributed by atoms with Gasteiger partial charge in [-0.25, -0.2) is 0 Å². The molecular formula is C24H38O3. The minimum absolute atomic E-state index is 0.0802. The van der Waals surface area contributed by atoms with E-state index in [-0.39, 0.29) is 11.5 Å². The molecule has 0 amide bonds. The zero-order valence-electron chi connectivity index (χ0n) is 17.4. The zero-order valence-corrected chi connectivity index (χ0v) is 17.4. The molecular weight excluding hydrogens is 336 g/mol. The summed E-state index contributed by atoms with van der Waals surface area (Å²) in [5.41, 5.74) is 0.615. The van der Waals surface area contributed by atoms with Crippen molar-refractivity contribution in [3.05, 3.63) is 12.2 Å². The third-order valence-electron chi connectivity index (χ3n) is 9.64. The Bertz CT molecular complexity index is 613. The minimum atomic E-state index is -0.661. The highest BCUT2D eigenvalue weighted by Gasteiger charge is 2.58. The monoisotopic (exact) mass is 374 g/mol. The third kappa shape index (κ3) is 3.09. The van der Waals surface area contributed by atoms with Crippen LogP contribution in [-0.2, 0) is 4.79 Å². The lowest BCUT2D eigenvalue weighted by Gasteiger charge is -2.58. The van der Waals surface area contributed by atoms with Crippen LogP contribution in [0.4, 0.5) is 0 Å². The van der Waals surface area contributed by atoms with Crippen molar-refractivity contribution in [2.45, 2.75) is 84.7 Å². The highest BCUT2D eigenvalue weighted by Crippen LogP contribution is 2.66. The van der Waals surface area contributed by atoms with Crippen molar-refractivity contribution in [3.8, 4) is 0 Å². The highest BCUT2D eigenvalue weighted by atomic mass is 16.4. The van der Waals surface area contributed by atoms with Crippen LogP contribution in [0, 0.1) is 46.3 Å². The summed E-state index contributed by atoms with van der Waals surface area (Å²) in [6, 6.07) is 0. The maximum Gasteiger partial charge on any atom is 0.303 e. The summed E-state index contributed by atoms with van der Waals surface area (Å²) in [4.78, 5) is 11.0. The van der Waals surface area contributed by atoms with Crippen LogP contribution in [0.3, 0.4) is 0 Å². The second-order valence-corrected chi connectivity index (χ2v) is 10.8. The number of aliphatic carboxylic acids is 1. The molecule has 0 aromatic rings. The van der Waals surface area contributed by atoms with E-state index in [1.807, 2.05) is 0 Å². The summed E-state index contributed by atoms with van der Waals surface area (Å²) in [6.07, 6.45) is 14.5. The number of carboxylic acid groups (broad SMARTS) is 1. The van der Waals surface area contributed by atoms with Crippen LogP contribution in [0.2, 0.25) is 0 Å². The summed E-state index contributed by atoms with van der Waals surface area (Å²) >= 11 is 0.